The second-order valence-electron chi connectivity index (χ2n) is 5.05. The van der Waals surface area contributed by atoms with E-state index in [1.165, 1.54) is 0 Å². The van der Waals surface area contributed by atoms with E-state index in [-0.39, 0.29) is 18.2 Å². The van der Waals surface area contributed by atoms with E-state index in [2.05, 4.69) is 5.32 Å². The van der Waals surface area contributed by atoms with Gasteiger partial charge in [-0.3, -0.25) is 0 Å². The quantitative estimate of drug-likeness (QED) is 0.784. The molecule has 5 heteroatoms. The molecule has 0 amide bonds. The van der Waals surface area contributed by atoms with Crippen molar-refractivity contribution in [2.24, 2.45) is 0 Å². The number of nitrogens with one attached hydrogen (secondary N) is 1. The van der Waals surface area contributed by atoms with Crippen LogP contribution in [0.25, 0.3) is 0 Å². The highest BCUT2D eigenvalue weighted by Gasteiger charge is 2.23. The summed E-state index contributed by atoms with van der Waals surface area (Å²) in [6.07, 6.45) is 2.05. The number of aliphatic hydroxyl groups excluding tert-OH is 2. The molecule has 3 atom stereocenters. The molecule has 0 spiro atoms. The second kappa shape index (κ2) is 6.41. The summed E-state index contributed by atoms with van der Waals surface area (Å²) in [6.45, 7) is 0.0993. The highest BCUT2D eigenvalue weighted by molar-refractivity contribution is 5.21. The molecule has 0 radical (unpaired) electrons. The highest BCUT2D eigenvalue weighted by Crippen LogP contribution is 2.21. The van der Waals surface area contributed by atoms with Crippen LogP contribution < -0.4 is 5.32 Å². The summed E-state index contributed by atoms with van der Waals surface area (Å²) in [5.41, 5.74) is -0.0576. The van der Waals surface area contributed by atoms with Crippen molar-refractivity contribution in [3.63, 3.8) is 0 Å². The van der Waals surface area contributed by atoms with E-state index < -0.39 is 23.8 Å². The number of hydrogen-bond donors (Lipinski definition) is 3. The molecule has 0 aliphatic heterocycles. The summed E-state index contributed by atoms with van der Waals surface area (Å²) in [5, 5.41) is 22.7. The van der Waals surface area contributed by atoms with Crippen molar-refractivity contribution in [3.05, 3.63) is 35.4 Å². The standard InChI is InChI=1S/C14H19F2NO2/c15-9-5-6-11(16)10(7-9)14(19)8-17-12-3-1-2-4-13(12)18/h5-7,12-14,17-19H,1-4,8H2. The van der Waals surface area contributed by atoms with Gasteiger partial charge < -0.3 is 15.5 Å². The molecule has 1 fully saturated rings. The lowest BCUT2D eigenvalue weighted by atomic mass is 9.92. The van der Waals surface area contributed by atoms with Crippen molar-refractivity contribution in [1.29, 1.82) is 0 Å². The van der Waals surface area contributed by atoms with Gasteiger partial charge in [0.15, 0.2) is 0 Å². The molecule has 0 aromatic heterocycles. The monoisotopic (exact) mass is 271 g/mol. The molecule has 0 saturated heterocycles. The summed E-state index contributed by atoms with van der Waals surface area (Å²) >= 11 is 0. The van der Waals surface area contributed by atoms with E-state index in [0.717, 1.165) is 43.9 Å². The molecule has 1 saturated carbocycles. The number of aliphatic hydroxyl groups is 2. The first-order valence-corrected chi connectivity index (χ1v) is 6.62. The summed E-state index contributed by atoms with van der Waals surface area (Å²) < 4.78 is 26.5. The van der Waals surface area contributed by atoms with Crippen LogP contribution in [-0.4, -0.2) is 28.9 Å². The normalized spacial score (nSPS) is 25.3. The van der Waals surface area contributed by atoms with Gasteiger partial charge in [0.1, 0.15) is 11.6 Å². The second-order valence-corrected chi connectivity index (χ2v) is 5.05. The van der Waals surface area contributed by atoms with Gasteiger partial charge in [0.25, 0.3) is 0 Å². The lowest BCUT2D eigenvalue weighted by molar-refractivity contribution is 0.0792. The zero-order chi connectivity index (χ0) is 13.8. The van der Waals surface area contributed by atoms with Crippen LogP contribution in [0, 0.1) is 11.6 Å². The lowest BCUT2D eigenvalue weighted by Gasteiger charge is -2.29. The third-order valence-electron chi connectivity index (χ3n) is 3.62. The first kappa shape index (κ1) is 14.4. The summed E-state index contributed by atoms with van der Waals surface area (Å²) in [5.74, 6) is -1.20. The zero-order valence-corrected chi connectivity index (χ0v) is 10.6. The molecule has 3 N–H and O–H groups in total. The van der Waals surface area contributed by atoms with Gasteiger partial charge in [0.2, 0.25) is 0 Å². The fourth-order valence-corrected chi connectivity index (χ4v) is 2.49. The van der Waals surface area contributed by atoms with E-state index >= 15 is 0 Å². The molecule has 1 aliphatic carbocycles. The van der Waals surface area contributed by atoms with Crippen molar-refractivity contribution in [2.45, 2.75) is 43.9 Å². The average molecular weight is 271 g/mol. The van der Waals surface area contributed by atoms with Crippen molar-refractivity contribution < 1.29 is 19.0 Å². The third kappa shape index (κ3) is 3.72. The Balaban J connectivity index is 1.93. The number of hydrogen-bond acceptors (Lipinski definition) is 3. The fourth-order valence-electron chi connectivity index (χ4n) is 2.49. The maximum Gasteiger partial charge on any atom is 0.129 e. The predicted octanol–water partition coefficient (Wildman–Crippen LogP) is 1.89. The van der Waals surface area contributed by atoms with Gasteiger partial charge in [0, 0.05) is 18.2 Å². The molecular weight excluding hydrogens is 252 g/mol. The minimum atomic E-state index is -1.12. The third-order valence-corrected chi connectivity index (χ3v) is 3.62. The van der Waals surface area contributed by atoms with Gasteiger partial charge in [-0.05, 0) is 31.0 Å². The molecule has 1 aromatic rings. The van der Waals surface area contributed by atoms with Gasteiger partial charge in [-0.15, -0.1) is 0 Å². The van der Waals surface area contributed by atoms with Crippen molar-refractivity contribution in [2.75, 3.05) is 6.54 Å². The largest absolute Gasteiger partial charge is 0.392 e. The molecule has 0 bridgehead atoms. The predicted molar refractivity (Wildman–Crippen MR) is 67.6 cm³/mol. The van der Waals surface area contributed by atoms with Crippen LogP contribution in [0.3, 0.4) is 0 Å². The van der Waals surface area contributed by atoms with Crippen molar-refractivity contribution >= 4 is 0 Å². The van der Waals surface area contributed by atoms with Crippen LogP contribution >= 0.6 is 0 Å². The Bertz CT molecular complexity index is 428. The minimum Gasteiger partial charge on any atom is -0.392 e. The van der Waals surface area contributed by atoms with E-state index in [1.807, 2.05) is 0 Å². The molecule has 0 heterocycles. The van der Waals surface area contributed by atoms with Gasteiger partial charge in [-0.25, -0.2) is 8.78 Å². The van der Waals surface area contributed by atoms with Crippen LogP contribution in [0.4, 0.5) is 8.78 Å². The van der Waals surface area contributed by atoms with E-state index in [9.17, 15) is 19.0 Å². The average Bonchev–Trinajstić information content (AvgIpc) is 2.40. The molecular formula is C14H19F2NO2. The molecule has 19 heavy (non-hydrogen) atoms. The van der Waals surface area contributed by atoms with Crippen LogP contribution in [0.5, 0.6) is 0 Å². The van der Waals surface area contributed by atoms with E-state index in [4.69, 9.17) is 0 Å². The SMILES string of the molecule is OC(CNC1CCCCC1O)c1cc(F)ccc1F. The number of rotatable bonds is 4. The van der Waals surface area contributed by atoms with Gasteiger partial charge in [0.05, 0.1) is 12.2 Å². The van der Waals surface area contributed by atoms with Crippen LogP contribution in [0.1, 0.15) is 37.4 Å². The highest BCUT2D eigenvalue weighted by atomic mass is 19.1. The van der Waals surface area contributed by atoms with E-state index in [1.54, 1.807) is 0 Å². The first-order chi connectivity index (χ1) is 9.08. The number of halogens is 2. The molecule has 1 aliphatic rings. The van der Waals surface area contributed by atoms with Crippen molar-refractivity contribution in [1.82, 2.24) is 5.32 Å². The maximum atomic E-state index is 13.5. The Morgan fingerprint density at radius 2 is 2.00 bits per heavy atom. The molecule has 1 aromatic carbocycles. The Hall–Kier alpha value is -1.04. The van der Waals surface area contributed by atoms with Gasteiger partial charge in [-0.1, -0.05) is 12.8 Å². The number of benzene rings is 1. The Morgan fingerprint density at radius 3 is 2.74 bits per heavy atom. The molecule has 3 nitrogen and oxygen atoms in total. The molecule has 106 valence electrons. The summed E-state index contributed by atoms with van der Waals surface area (Å²) in [6, 6.07) is 2.94. The van der Waals surface area contributed by atoms with Crippen LogP contribution in [0.15, 0.2) is 18.2 Å². The maximum absolute atomic E-state index is 13.5. The van der Waals surface area contributed by atoms with Crippen LogP contribution in [-0.2, 0) is 0 Å². The van der Waals surface area contributed by atoms with Gasteiger partial charge in [-0.2, -0.15) is 0 Å². The van der Waals surface area contributed by atoms with E-state index in [0.29, 0.717) is 0 Å². The first-order valence-electron chi connectivity index (χ1n) is 6.62. The topological polar surface area (TPSA) is 52.5 Å². The zero-order valence-electron chi connectivity index (χ0n) is 10.6. The Morgan fingerprint density at radius 1 is 1.26 bits per heavy atom. The Kier molecular flexibility index (Phi) is 4.85. The summed E-state index contributed by atoms with van der Waals surface area (Å²) in [7, 11) is 0. The Labute approximate surface area is 111 Å². The minimum absolute atomic E-state index is 0.0576. The van der Waals surface area contributed by atoms with Crippen LogP contribution in [0.2, 0.25) is 0 Å². The molecule has 2 rings (SSSR count). The van der Waals surface area contributed by atoms with Gasteiger partial charge >= 0.3 is 0 Å². The fraction of sp³-hybridized carbons (Fsp3) is 0.571. The lowest BCUT2D eigenvalue weighted by Crippen LogP contribution is -2.43. The molecule has 3 unspecified atom stereocenters. The smallest absolute Gasteiger partial charge is 0.129 e. The summed E-state index contributed by atoms with van der Waals surface area (Å²) in [4.78, 5) is 0. The van der Waals surface area contributed by atoms with Crippen molar-refractivity contribution in [3.8, 4) is 0 Å².